The lowest BCUT2D eigenvalue weighted by atomic mass is 10.1. The Kier molecular flexibility index (Phi) is 7.54. The Labute approximate surface area is 104 Å². The minimum absolute atomic E-state index is 0.0160. The van der Waals surface area contributed by atoms with Crippen molar-refractivity contribution in [3.8, 4) is 0 Å². The van der Waals surface area contributed by atoms with Crippen molar-refractivity contribution >= 4 is 11.8 Å². The van der Waals surface area contributed by atoms with Gasteiger partial charge in [0.2, 0.25) is 11.8 Å². The van der Waals surface area contributed by atoms with Crippen LogP contribution in [0.1, 0.15) is 27.2 Å². The molecular weight excluding hydrogens is 218 g/mol. The summed E-state index contributed by atoms with van der Waals surface area (Å²) < 4.78 is 0. The molecule has 0 aliphatic heterocycles. The lowest BCUT2D eigenvalue weighted by Gasteiger charge is -2.25. The monoisotopic (exact) mass is 243 g/mol. The normalized spacial score (nSPS) is 12.1. The first-order chi connectivity index (χ1) is 8.01. The molecule has 0 saturated heterocycles. The zero-order valence-corrected chi connectivity index (χ0v) is 11.4. The lowest BCUT2D eigenvalue weighted by molar-refractivity contribution is -0.141. The van der Waals surface area contributed by atoms with Crippen LogP contribution in [0.25, 0.3) is 0 Å². The van der Waals surface area contributed by atoms with Gasteiger partial charge in [0.1, 0.15) is 0 Å². The molecule has 0 fully saturated rings. The highest BCUT2D eigenvalue weighted by Gasteiger charge is 2.21. The summed E-state index contributed by atoms with van der Waals surface area (Å²) in [6, 6.07) is 0. The molecule has 2 N–H and O–H groups in total. The fourth-order valence-corrected chi connectivity index (χ4v) is 1.71. The predicted molar refractivity (Wildman–Crippen MR) is 68.4 cm³/mol. The number of nitrogens with two attached hydrogens (primary N) is 1. The first kappa shape index (κ1) is 15.9. The van der Waals surface area contributed by atoms with E-state index in [-0.39, 0.29) is 24.3 Å². The Morgan fingerprint density at radius 1 is 1.18 bits per heavy atom. The van der Waals surface area contributed by atoms with Gasteiger partial charge in [0, 0.05) is 26.7 Å². The second-order valence-corrected chi connectivity index (χ2v) is 4.10. The van der Waals surface area contributed by atoms with Crippen molar-refractivity contribution in [1.82, 2.24) is 9.80 Å². The van der Waals surface area contributed by atoms with Gasteiger partial charge in [-0.15, -0.1) is 0 Å². The van der Waals surface area contributed by atoms with Crippen LogP contribution in [0.4, 0.5) is 0 Å². The van der Waals surface area contributed by atoms with Gasteiger partial charge in [-0.3, -0.25) is 9.59 Å². The van der Waals surface area contributed by atoms with Crippen LogP contribution in [0.5, 0.6) is 0 Å². The van der Waals surface area contributed by atoms with Gasteiger partial charge in [-0.2, -0.15) is 0 Å². The minimum Gasteiger partial charge on any atom is -0.342 e. The Morgan fingerprint density at radius 2 is 1.71 bits per heavy atom. The smallest absolute Gasteiger partial charge is 0.242 e. The third-order valence-electron chi connectivity index (χ3n) is 2.99. The summed E-state index contributed by atoms with van der Waals surface area (Å²) >= 11 is 0. The summed E-state index contributed by atoms with van der Waals surface area (Å²) in [4.78, 5) is 26.9. The van der Waals surface area contributed by atoms with Gasteiger partial charge in [0.05, 0.1) is 12.5 Å². The average molecular weight is 243 g/mol. The zero-order chi connectivity index (χ0) is 13.4. The summed E-state index contributed by atoms with van der Waals surface area (Å²) in [7, 11) is 1.65. The topological polar surface area (TPSA) is 66.6 Å². The van der Waals surface area contributed by atoms with Gasteiger partial charge in [-0.25, -0.2) is 0 Å². The standard InChI is InChI=1S/C12H25N3O2/c1-5-10(8-13)12(17)14(4)9-11(16)15(6-2)7-3/h10H,5-9,13H2,1-4H3. The van der Waals surface area contributed by atoms with E-state index < -0.39 is 0 Å². The summed E-state index contributed by atoms with van der Waals surface area (Å²) in [5.74, 6) is -0.238. The summed E-state index contributed by atoms with van der Waals surface area (Å²) in [6.45, 7) is 7.60. The van der Waals surface area contributed by atoms with E-state index in [4.69, 9.17) is 5.73 Å². The Hall–Kier alpha value is -1.10. The Morgan fingerprint density at radius 3 is 2.06 bits per heavy atom. The van der Waals surface area contributed by atoms with Crippen LogP contribution in [-0.2, 0) is 9.59 Å². The number of likely N-dealkylation sites (N-methyl/N-ethyl adjacent to an activating group) is 2. The SMILES string of the molecule is CCC(CN)C(=O)N(C)CC(=O)N(CC)CC. The lowest BCUT2D eigenvalue weighted by Crippen LogP contribution is -2.44. The molecule has 0 radical (unpaired) electrons. The van der Waals surface area contributed by atoms with E-state index in [2.05, 4.69) is 0 Å². The second kappa shape index (κ2) is 8.06. The first-order valence-electron chi connectivity index (χ1n) is 6.24. The molecule has 100 valence electrons. The molecule has 0 saturated carbocycles. The molecule has 0 heterocycles. The number of carbonyl (C=O) groups excluding carboxylic acids is 2. The van der Waals surface area contributed by atoms with E-state index in [0.717, 1.165) is 0 Å². The highest BCUT2D eigenvalue weighted by molar-refractivity contribution is 5.85. The molecule has 0 aromatic rings. The van der Waals surface area contributed by atoms with Crippen molar-refractivity contribution in [3.63, 3.8) is 0 Å². The molecule has 5 nitrogen and oxygen atoms in total. The minimum atomic E-state index is -0.176. The third kappa shape index (κ3) is 4.73. The van der Waals surface area contributed by atoms with Crippen molar-refractivity contribution in [2.45, 2.75) is 27.2 Å². The number of nitrogens with zero attached hydrogens (tertiary/aromatic N) is 2. The quantitative estimate of drug-likeness (QED) is 0.699. The van der Waals surface area contributed by atoms with Crippen molar-refractivity contribution in [2.24, 2.45) is 11.7 Å². The van der Waals surface area contributed by atoms with Gasteiger partial charge >= 0.3 is 0 Å². The van der Waals surface area contributed by atoms with Gasteiger partial charge in [-0.1, -0.05) is 6.92 Å². The molecule has 0 bridgehead atoms. The van der Waals surface area contributed by atoms with Gasteiger partial charge < -0.3 is 15.5 Å². The Bertz CT molecular complexity index is 248. The van der Waals surface area contributed by atoms with Crippen LogP contribution in [0.2, 0.25) is 0 Å². The number of carbonyl (C=O) groups is 2. The predicted octanol–water partition coefficient (Wildman–Crippen LogP) is 0.298. The zero-order valence-electron chi connectivity index (χ0n) is 11.4. The maximum Gasteiger partial charge on any atom is 0.242 e. The fourth-order valence-electron chi connectivity index (χ4n) is 1.71. The van der Waals surface area contributed by atoms with Gasteiger partial charge in [-0.05, 0) is 20.3 Å². The first-order valence-corrected chi connectivity index (χ1v) is 6.24. The molecule has 0 spiro atoms. The van der Waals surface area contributed by atoms with Gasteiger partial charge in [0.15, 0.2) is 0 Å². The summed E-state index contributed by atoms with van der Waals surface area (Å²) in [5, 5.41) is 0. The van der Waals surface area contributed by atoms with Crippen LogP contribution in [0.15, 0.2) is 0 Å². The van der Waals surface area contributed by atoms with Gasteiger partial charge in [0.25, 0.3) is 0 Å². The molecule has 0 aromatic carbocycles. The van der Waals surface area contributed by atoms with Crippen molar-refractivity contribution in [1.29, 1.82) is 0 Å². The highest BCUT2D eigenvalue weighted by atomic mass is 16.2. The fraction of sp³-hybridized carbons (Fsp3) is 0.833. The van der Waals surface area contributed by atoms with Crippen LogP contribution in [0, 0.1) is 5.92 Å². The highest BCUT2D eigenvalue weighted by Crippen LogP contribution is 2.05. The van der Waals surface area contributed by atoms with E-state index in [1.54, 1.807) is 11.9 Å². The Balaban J connectivity index is 4.38. The number of rotatable bonds is 7. The van der Waals surface area contributed by atoms with E-state index in [9.17, 15) is 9.59 Å². The number of hydrogen-bond donors (Lipinski definition) is 1. The second-order valence-electron chi connectivity index (χ2n) is 4.10. The van der Waals surface area contributed by atoms with E-state index in [1.165, 1.54) is 4.90 Å². The van der Waals surface area contributed by atoms with Crippen LogP contribution >= 0.6 is 0 Å². The number of hydrogen-bond acceptors (Lipinski definition) is 3. The third-order valence-corrected chi connectivity index (χ3v) is 2.99. The van der Waals surface area contributed by atoms with Crippen molar-refractivity contribution < 1.29 is 9.59 Å². The average Bonchev–Trinajstić information content (AvgIpc) is 2.31. The van der Waals surface area contributed by atoms with Crippen LogP contribution in [-0.4, -0.2) is 54.8 Å². The summed E-state index contributed by atoms with van der Waals surface area (Å²) in [5.41, 5.74) is 5.52. The molecule has 17 heavy (non-hydrogen) atoms. The largest absolute Gasteiger partial charge is 0.342 e. The molecular formula is C12H25N3O2. The van der Waals surface area contributed by atoms with Crippen molar-refractivity contribution in [2.75, 3.05) is 33.2 Å². The van der Waals surface area contributed by atoms with Crippen molar-refractivity contribution in [3.05, 3.63) is 0 Å². The molecule has 0 aromatic heterocycles. The number of amides is 2. The molecule has 0 aliphatic carbocycles. The molecule has 1 atom stereocenters. The molecule has 5 heteroatoms. The molecule has 0 rings (SSSR count). The van der Waals surface area contributed by atoms with Crippen LogP contribution in [0.3, 0.4) is 0 Å². The molecule has 2 amide bonds. The van der Waals surface area contributed by atoms with E-state index in [1.807, 2.05) is 20.8 Å². The summed E-state index contributed by atoms with van der Waals surface area (Å²) in [6.07, 6.45) is 0.707. The molecule has 1 unspecified atom stereocenters. The maximum atomic E-state index is 11.9. The molecule has 0 aliphatic rings. The van der Waals surface area contributed by atoms with E-state index in [0.29, 0.717) is 26.1 Å². The van der Waals surface area contributed by atoms with Crippen LogP contribution < -0.4 is 5.73 Å². The van der Waals surface area contributed by atoms with E-state index >= 15 is 0 Å². The maximum absolute atomic E-state index is 11.9.